The number of aliphatic carboxylic acids is 1. The first-order valence-corrected chi connectivity index (χ1v) is 8.51. The van der Waals surface area contributed by atoms with Crippen LogP contribution in [0.25, 0.3) is 0 Å². The van der Waals surface area contributed by atoms with Crippen LogP contribution in [0.3, 0.4) is 0 Å². The van der Waals surface area contributed by atoms with E-state index >= 15 is 0 Å². The largest absolute Gasteiger partial charge is 0.480 e. The summed E-state index contributed by atoms with van der Waals surface area (Å²) in [5.41, 5.74) is 0.883. The van der Waals surface area contributed by atoms with Crippen LogP contribution in [0.15, 0.2) is 24.3 Å². The van der Waals surface area contributed by atoms with Crippen molar-refractivity contribution in [3.8, 4) is 0 Å². The summed E-state index contributed by atoms with van der Waals surface area (Å²) < 4.78 is 4.88. The minimum atomic E-state index is -1.05. The maximum absolute atomic E-state index is 12.0. The number of hydrogen-bond donors (Lipinski definition) is 3. The van der Waals surface area contributed by atoms with Gasteiger partial charge in [0.2, 0.25) is 5.91 Å². The minimum Gasteiger partial charge on any atom is -0.480 e. The molecule has 0 fully saturated rings. The van der Waals surface area contributed by atoms with Crippen molar-refractivity contribution in [1.29, 1.82) is 0 Å². The monoisotopic (exact) mass is 350 g/mol. The standard InChI is InChI=1S/C18H26N2O5/c1-3-5-6-11-19-15(17(22)23)12-16(21)20-14-9-7-13(8-10-14)18(24)25-4-2/h7-10,15,19H,3-6,11-12H2,1-2H3,(H,20,21)(H,22,23). The summed E-state index contributed by atoms with van der Waals surface area (Å²) in [4.78, 5) is 34.8. The van der Waals surface area contributed by atoms with Crippen molar-refractivity contribution in [1.82, 2.24) is 5.32 Å². The molecule has 0 saturated heterocycles. The average molecular weight is 350 g/mol. The maximum atomic E-state index is 12.0. The number of carbonyl (C=O) groups is 3. The number of carboxylic acids is 1. The molecule has 0 aliphatic heterocycles. The van der Waals surface area contributed by atoms with Crippen molar-refractivity contribution in [3.05, 3.63) is 29.8 Å². The molecule has 7 heteroatoms. The van der Waals surface area contributed by atoms with E-state index in [1.807, 2.05) is 0 Å². The van der Waals surface area contributed by atoms with Gasteiger partial charge in [0, 0.05) is 5.69 Å². The Hall–Kier alpha value is -2.41. The lowest BCUT2D eigenvalue weighted by Crippen LogP contribution is -2.40. The van der Waals surface area contributed by atoms with Gasteiger partial charge in [-0.15, -0.1) is 0 Å². The third-order valence-electron chi connectivity index (χ3n) is 3.54. The zero-order valence-corrected chi connectivity index (χ0v) is 14.7. The molecule has 3 N–H and O–H groups in total. The van der Waals surface area contributed by atoms with E-state index in [-0.39, 0.29) is 6.42 Å². The zero-order valence-electron chi connectivity index (χ0n) is 14.7. The summed E-state index contributed by atoms with van der Waals surface area (Å²) in [6.07, 6.45) is 2.76. The molecular weight excluding hydrogens is 324 g/mol. The molecule has 0 radical (unpaired) electrons. The van der Waals surface area contributed by atoms with Gasteiger partial charge in [0.25, 0.3) is 0 Å². The van der Waals surface area contributed by atoms with Crippen molar-refractivity contribution < 1.29 is 24.2 Å². The number of amides is 1. The Labute approximate surface area is 147 Å². The average Bonchev–Trinajstić information content (AvgIpc) is 2.58. The summed E-state index contributed by atoms with van der Waals surface area (Å²) in [6.45, 7) is 4.64. The first-order chi connectivity index (χ1) is 12.0. The predicted molar refractivity (Wildman–Crippen MR) is 94.6 cm³/mol. The van der Waals surface area contributed by atoms with E-state index in [2.05, 4.69) is 17.6 Å². The van der Waals surface area contributed by atoms with Crippen molar-refractivity contribution in [2.45, 2.75) is 45.6 Å². The second kappa shape index (κ2) is 11.2. The van der Waals surface area contributed by atoms with Crippen molar-refractivity contribution in [2.75, 3.05) is 18.5 Å². The Kier molecular flexibility index (Phi) is 9.24. The highest BCUT2D eigenvalue weighted by Crippen LogP contribution is 2.11. The van der Waals surface area contributed by atoms with Gasteiger partial charge in [-0.1, -0.05) is 19.8 Å². The predicted octanol–water partition coefficient (Wildman–Crippen LogP) is 2.42. The van der Waals surface area contributed by atoms with E-state index in [0.717, 1.165) is 19.3 Å². The summed E-state index contributed by atoms with van der Waals surface area (Å²) in [5, 5.41) is 14.7. The number of unbranched alkanes of at least 4 members (excludes halogenated alkanes) is 2. The van der Waals surface area contributed by atoms with Gasteiger partial charge in [0.05, 0.1) is 18.6 Å². The van der Waals surface area contributed by atoms with Gasteiger partial charge in [0.15, 0.2) is 0 Å². The fourth-order valence-corrected chi connectivity index (χ4v) is 2.20. The third-order valence-corrected chi connectivity index (χ3v) is 3.54. The smallest absolute Gasteiger partial charge is 0.338 e. The summed E-state index contributed by atoms with van der Waals surface area (Å²) in [7, 11) is 0. The fraction of sp³-hybridized carbons (Fsp3) is 0.500. The van der Waals surface area contributed by atoms with Crippen LogP contribution in [-0.2, 0) is 14.3 Å². The number of hydrogen-bond acceptors (Lipinski definition) is 5. The molecule has 1 aromatic carbocycles. The summed E-state index contributed by atoms with van der Waals surface area (Å²) >= 11 is 0. The molecule has 0 bridgehead atoms. The van der Waals surface area contributed by atoms with Crippen molar-refractivity contribution in [2.24, 2.45) is 0 Å². The van der Waals surface area contributed by atoms with Crippen LogP contribution in [0.4, 0.5) is 5.69 Å². The molecule has 0 aliphatic rings. The van der Waals surface area contributed by atoms with Crippen molar-refractivity contribution in [3.63, 3.8) is 0 Å². The number of esters is 1. The highest BCUT2D eigenvalue weighted by molar-refractivity contribution is 5.95. The molecule has 0 spiro atoms. The van der Waals surface area contributed by atoms with Crippen LogP contribution in [0.5, 0.6) is 0 Å². The van der Waals surface area contributed by atoms with Gasteiger partial charge in [-0.05, 0) is 44.2 Å². The Bertz CT molecular complexity index is 571. The fourth-order valence-electron chi connectivity index (χ4n) is 2.20. The molecule has 1 rings (SSSR count). The number of nitrogens with one attached hydrogen (secondary N) is 2. The molecular formula is C18H26N2O5. The van der Waals surface area contributed by atoms with E-state index < -0.39 is 23.9 Å². The van der Waals surface area contributed by atoms with Crippen LogP contribution < -0.4 is 10.6 Å². The van der Waals surface area contributed by atoms with Gasteiger partial charge in [0.1, 0.15) is 6.04 Å². The second-order valence-corrected chi connectivity index (χ2v) is 5.60. The van der Waals surface area contributed by atoms with E-state index in [1.165, 1.54) is 0 Å². The van der Waals surface area contributed by atoms with E-state index in [1.54, 1.807) is 31.2 Å². The number of carboxylic acid groups (broad SMARTS) is 1. The van der Waals surface area contributed by atoms with Gasteiger partial charge in [-0.25, -0.2) is 4.79 Å². The minimum absolute atomic E-state index is 0.166. The number of benzene rings is 1. The Morgan fingerprint density at radius 1 is 1.12 bits per heavy atom. The first-order valence-electron chi connectivity index (χ1n) is 8.51. The Morgan fingerprint density at radius 2 is 1.80 bits per heavy atom. The van der Waals surface area contributed by atoms with Gasteiger partial charge in [-0.3, -0.25) is 9.59 Å². The Morgan fingerprint density at radius 3 is 2.36 bits per heavy atom. The molecule has 0 aliphatic carbocycles. The highest BCUT2D eigenvalue weighted by Gasteiger charge is 2.20. The second-order valence-electron chi connectivity index (χ2n) is 5.60. The van der Waals surface area contributed by atoms with Crippen molar-refractivity contribution >= 4 is 23.5 Å². The molecule has 0 saturated carbocycles. The van der Waals surface area contributed by atoms with Crippen LogP contribution in [0.1, 0.15) is 49.9 Å². The number of ether oxygens (including phenoxy) is 1. The lowest BCUT2D eigenvalue weighted by atomic mass is 10.1. The number of anilines is 1. The lowest BCUT2D eigenvalue weighted by molar-refractivity contribution is -0.141. The van der Waals surface area contributed by atoms with E-state index in [9.17, 15) is 19.5 Å². The molecule has 1 aromatic rings. The molecule has 0 heterocycles. The first kappa shape index (κ1) is 20.6. The van der Waals surface area contributed by atoms with Crippen LogP contribution in [0.2, 0.25) is 0 Å². The SMILES string of the molecule is CCCCCNC(CC(=O)Nc1ccc(C(=O)OCC)cc1)C(=O)O. The Balaban J connectivity index is 2.53. The van der Waals surface area contributed by atoms with Gasteiger partial charge in [-0.2, -0.15) is 0 Å². The topological polar surface area (TPSA) is 105 Å². The molecule has 25 heavy (non-hydrogen) atoms. The van der Waals surface area contributed by atoms with Crippen LogP contribution >= 0.6 is 0 Å². The van der Waals surface area contributed by atoms with Gasteiger partial charge >= 0.3 is 11.9 Å². The number of carbonyl (C=O) groups excluding carboxylic acids is 2. The van der Waals surface area contributed by atoms with E-state index in [0.29, 0.717) is 24.4 Å². The quantitative estimate of drug-likeness (QED) is 0.418. The molecule has 0 aromatic heterocycles. The molecule has 1 atom stereocenters. The summed E-state index contributed by atoms with van der Waals surface area (Å²) in [5.74, 6) is -1.88. The molecule has 138 valence electrons. The van der Waals surface area contributed by atoms with E-state index in [4.69, 9.17) is 4.74 Å². The summed E-state index contributed by atoms with van der Waals surface area (Å²) in [6, 6.07) is 5.33. The normalized spacial score (nSPS) is 11.6. The zero-order chi connectivity index (χ0) is 18.7. The lowest BCUT2D eigenvalue weighted by Gasteiger charge is -2.14. The maximum Gasteiger partial charge on any atom is 0.338 e. The van der Waals surface area contributed by atoms with Crippen LogP contribution in [-0.4, -0.2) is 42.1 Å². The molecule has 7 nitrogen and oxygen atoms in total. The highest BCUT2D eigenvalue weighted by atomic mass is 16.5. The molecule has 1 unspecified atom stereocenters. The molecule has 1 amide bonds. The van der Waals surface area contributed by atoms with Crippen LogP contribution in [0, 0.1) is 0 Å². The van der Waals surface area contributed by atoms with Gasteiger partial charge < -0.3 is 20.5 Å². The third kappa shape index (κ3) is 7.80. The number of rotatable bonds is 11.